The Morgan fingerprint density at radius 1 is 1.19 bits per heavy atom. The maximum Gasteiger partial charge on any atom is 0.401 e. The van der Waals surface area contributed by atoms with Crippen molar-refractivity contribution in [3.05, 3.63) is 0 Å². The van der Waals surface area contributed by atoms with E-state index in [2.05, 4.69) is 15.6 Å². The molecule has 0 atom stereocenters. The SMILES string of the molecule is CCNC(=NCCCN(C)CC(F)(F)F)NC(C)(C)C.I. The first-order valence-electron chi connectivity index (χ1n) is 6.85. The summed E-state index contributed by atoms with van der Waals surface area (Å²) in [6.45, 7) is 8.78. The third kappa shape index (κ3) is 16.0. The number of nitrogens with one attached hydrogen (secondary N) is 2. The number of halogens is 4. The topological polar surface area (TPSA) is 39.7 Å². The van der Waals surface area contributed by atoms with Crippen LogP contribution in [0, 0.1) is 0 Å². The van der Waals surface area contributed by atoms with E-state index >= 15 is 0 Å². The molecule has 2 N–H and O–H groups in total. The van der Waals surface area contributed by atoms with Gasteiger partial charge in [0, 0.05) is 18.6 Å². The molecule has 0 saturated carbocycles. The second-order valence-electron chi connectivity index (χ2n) is 5.84. The summed E-state index contributed by atoms with van der Waals surface area (Å²) in [7, 11) is 1.47. The minimum absolute atomic E-state index is 0. The third-order valence-electron chi connectivity index (χ3n) is 2.25. The minimum atomic E-state index is -4.14. The lowest BCUT2D eigenvalue weighted by atomic mass is 10.1. The maximum atomic E-state index is 12.1. The van der Waals surface area contributed by atoms with Crippen molar-refractivity contribution in [3.63, 3.8) is 0 Å². The molecule has 0 rings (SSSR count). The summed E-state index contributed by atoms with van der Waals surface area (Å²) in [5, 5.41) is 6.34. The summed E-state index contributed by atoms with van der Waals surface area (Å²) in [6, 6.07) is 0. The average molecular weight is 424 g/mol. The Balaban J connectivity index is 0. The van der Waals surface area contributed by atoms with Gasteiger partial charge in [-0.25, -0.2) is 0 Å². The maximum absolute atomic E-state index is 12.1. The summed E-state index contributed by atoms with van der Waals surface area (Å²) in [4.78, 5) is 5.62. The third-order valence-corrected chi connectivity index (χ3v) is 2.25. The van der Waals surface area contributed by atoms with Gasteiger partial charge in [-0.3, -0.25) is 9.89 Å². The van der Waals surface area contributed by atoms with Crippen LogP contribution < -0.4 is 10.6 Å². The predicted molar refractivity (Wildman–Crippen MR) is 92.5 cm³/mol. The highest BCUT2D eigenvalue weighted by atomic mass is 127. The van der Waals surface area contributed by atoms with Crippen molar-refractivity contribution in [2.24, 2.45) is 4.99 Å². The monoisotopic (exact) mass is 424 g/mol. The van der Waals surface area contributed by atoms with E-state index in [1.807, 2.05) is 27.7 Å². The van der Waals surface area contributed by atoms with E-state index in [0.29, 0.717) is 25.5 Å². The van der Waals surface area contributed by atoms with Crippen molar-refractivity contribution >= 4 is 29.9 Å². The molecule has 0 heterocycles. The van der Waals surface area contributed by atoms with Crippen LogP contribution >= 0.6 is 24.0 Å². The number of hydrogen-bond donors (Lipinski definition) is 2. The molecule has 0 aromatic heterocycles. The second kappa shape index (κ2) is 10.5. The minimum Gasteiger partial charge on any atom is -0.357 e. The molecule has 0 spiro atoms. The number of alkyl halides is 3. The van der Waals surface area contributed by atoms with Crippen molar-refractivity contribution in [2.45, 2.75) is 45.8 Å². The van der Waals surface area contributed by atoms with Gasteiger partial charge in [0.2, 0.25) is 0 Å². The van der Waals surface area contributed by atoms with E-state index in [-0.39, 0.29) is 29.5 Å². The Bertz CT molecular complexity index is 301. The van der Waals surface area contributed by atoms with Crippen molar-refractivity contribution in [1.82, 2.24) is 15.5 Å². The zero-order chi connectivity index (χ0) is 15.8. The standard InChI is InChI=1S/C13H27F3N4.HI/c1-6-17-11(19-12(2,3)4)18-8-7-9-20(5)10-13(14,15)16;/h6-10H2,1-5H3,(H2,17,18,19);1H. The Hall–Kier alpha value is -0.250. The van der Waals surface area contributed by atoms with Gasteiger partial charge in [-0.1, -0.05) is 0 Å². The molecule has 128 valence electrons. The molecular weight excluding hydrogens is 396 g/mol. The molecule has 0 aromatic carbocycles. The molecule has 0 aromatic rings. The lowest BCUT2D eigenvalue weighted by Crippen LogP contribution is -2.47. The van der Waals surface area contributed by atoms with Crippen LogP contribution in [0.25, 0.3) is 0 Å². The van der Waals surface area contributed by atoms with E-state index in [9.17, 15) is 13.2 Å². The fourth-order valence-electron chi connectivity index (χ4n) is 1.58. The van der Waals surface area contributed by atoms with Gasteiger partial charge >= 0.3 is 6.18 Å². The van der Waals surface area contributed by atoms with Crippen molar-refractivity contribution in [3.8, 4) is 0 Å². The Labute approximate surface area is 143 Å². The summed E-state index contributed by atoms with van der Waals surface area (Å²) in [5.41, 5.74) is -0.103. The number of guanidine groups is 1. The van der Waals surface area contributed by atoms with E-state index in [4.69, 9.17) is 0 Å². The Morgan fingerprint density at radius 3 is 2.19 bits per heavy atom. The fraction of sp³-hybridized carbons (Fsp3) is 0.923. The molecule has 0 aliphatic rings. The number of hydrogen-bond acceptors (Lipinski definition) is 2. The first-order valence-corrected chi connectivity index (χ1v) is 6.85. The molecule has 0 bridgehead atoms. The molecule has 0 radical (unpaired) electrons. The molecule has 0 amide bonds. The lowest BCUT2D eigenvalue weighted by Gasteiger charge is -2.24. The molecule has 8 heteroatoms. The van der Waals surface area contributed by atoms with Crippen LogP contribution in [0.4, 0.5) is 13.2 Å². The van der Waals surface area contributed by atoms with Gasteiger partial charge in [-0.2, -0.15) is 13.2 Å². The van der Waals surface area contributed by atoms with Crippen LogP contribution in [0.5, 0.6) is 0 Å². The zero-order valence-corrected chi connectivity index (χ0v) is 15.8. The smallest absolute Gasteiger partial charge is 0.357 e. The fourth-order valence-corrected chi connectivity index (χ4v) is 1.58. The van der Waals surface area contributed by atoms with Crippen molar-refractivity contribution < 1.29 is 13.2 Å². The highest BCUT2D eigenvalue weighted by Gasteiger charge is 2.28. The van der Waals surface area contributed by atoms with Gasteiger partial charge in [0.1, 0.15) is 0 Å². The summed E-state index contributed by atoms with van der Waals surface area (Å²) in [6.07, 6.45) is -3.55. The summed E-state index contributed by atoms with van der Waals surface area (Å²) < 4.78 is 36.4. The van der Waals surface area contributed by atoms with Crippen LogP contribution in [-0.4, -0.2) is 55.8 Å². The predicted octanol–water partition coefficient (Wildman–Crippen LogP) is 2.84. The van der Waals surface area contributed by atoms with Gasteiger partial charge in [0.15, 0.2) is 5.96 Å². The molecule has 0 fully saturated rings. The van der Waals surface area contributed by atoms with Gasteiger partial charge in [0.25, 0.3) is 0 Å². The summed E-state index contributed by atoms with van der Waals surface area (Å²) >= 11 is 0. The van der Waals surface area contributed by atoms with E-state index in [1.165, 1.54) is 11.9 Å². The largest absolute Gasteiger partial charge is 0.401 e. The first kappa shape index (κ1) is 23.0. The van der Waals surface area contributed by atoms with Crippen LogP contribution in [0.15, 0.2) is 4.99 Å². The van der Waals surface area contributed by atoms with Gasteiger partial charge < -0.3 is 10.6 Å². The van der Waals surface area contributed by atoms with Crippen molar-refractivity contribution in [1.29, 1.82) is 0 Å². The van der Waals surface area contributed by atoms with Gasteiger partial charge in [-0.05, 0) is 47.7 Å². The Morgan fingerprint density at radius 2 is 1.76 bits per heavy atom. The molecule has 0 aliphatic heterocycles. The van der Waals surface area contributed by atoms with E-state index in [1.54, 1.807) is 0 Å². The second-order valence-corrected chi connectivity index (χ2v) is 5.84. The molecule has 4 nitrogen and oxygen atoms in total. The molecule has 21 heavy (non-hydrogen) atoms. The van der Waals surface area contributed by atoms with Crippen LogP contribution in [0.1, 0.15) is 34.1 Å². The molecule has 0 unspecified atom stereocenters. The van der Waals surface area contributed by atoms with Crippen LogP contribution in [0.3, 0.4) is 0 Å². The van der Waals surface area contributed by atoms with Crippen molar-refractivity contribution in [2.75, 3.05) is 33.2 Å². The van der Waals surface area contributed by atoms with Crippen LogP contribution in [-0.2, 0) is 0 Å². The molecular formula is C13H28F3IN4. The van der Waals surface area contributed by atoms with E-state index < -0.39 is 12.7 Å². The van der Waals surface area contributed by atoms with E-state index in [0.717, 1.165) is 6.54 Å². The molecule has 0 aliphatic carbocycles. The number of nitrogens with zero attached hydrogens (tertiary/aromatic N) is 2. The molecule has 0 saturated heterocycles. The quantitative estimate of drug-likeness (QED) is 0.298. The number of aliphatic imine (C=N–C) groups is 1. The Kier molecular flexibility index (Phi) is 11.5. The normalized spacial score (nSPS) is 13.1. The first-order chi connectivity index (χ1) is 9.03. The summed E-state index contributed by atoms with van der Waals surface area (Å²) in [5.74, 6) is 0.693. The zero-order valence-electron chi connectivity index (χ0n) is 13.5. The van der Waals surface area contributed by atoms with Crippen LogP contribution in [0.2, 0.25) is 0 Å². The highest BCUT2D eigenvalue weighted by Crippen LogP contribution is 2.15. The average Bonchev–Trinajstić information content (AvgIpc) is 2.19. The van der Waals surface area contributed by atoms with Gasteiger partial charge in [-0.15, -0.1) is 24.0 Å². The number of rotatable bonds is 6. The van der Waals surface area contributed by atoms with Gasteiger partial charge in [0.05, 0.1) is 6.54 Å². The lowest BCUT2D eigenvalue weighted by molar-refractivity contribution is -0.143. The highest BCUT2D eigenvalue weighted by molar-refractivity contribution is 14.0.